The standard InChI is InChI=1S/C18H11ClF3NO2/c1-10(24)23-16-9-13(19)6-7-14(16)15(17(23)25)8-11-2-4-12(5-3-11)18(20,21)22/h2-9H,1H3. The summed E-state index contributed by atoms with van der Waals surface area (Å²) in [7, 11) is 0. The van der Waals surface area contributed by atoms with Crippen LogP contribution in [0, 0.1) is 0 Å². The number of imide groups is 1. The van der Waals surface area contributed by atoms with Gasteiger partial charge in [-0.05, 0) is 35.9 Å². The number of benzene rings is 2. The van der Waals surface area contributed by atoms with Gasteiger partial charge in [0.15, 0.2) is 0 Å². The molecule has 128 valence electrons. The molecule has 0 saturated carbocycles. The molecule has 0 bridgehead atoms. The normalized spacial score (nSPS) is 15.6. The molecule has 0 atom stereocenters. The maximum absolute atomic E-state index is 12.6. The summed E-state index contributed by atoms with van der Waals surface area (Å²) in [6.07, 6.45) is -2.97. The van der Waals surface area contributed by atoms with Crippen molar-refractivity contribution in [1.29, 1.82) is 0 Å². The summed E-state index contributed by atoms with van der Waals surface area (Å²) in [5.41, 5.74) is 0.738. The predicted molar refractivity (Wildman–Crippen MR) is 88.9 cm³/mol. The summed E-state index contributed by atoms with van der Waals surface area (Å²) in [6.45, 7) is 1.25. The molecule has 3 nitrogen and oxygen atoms in total. The fourth-order valence-electron chi connectivity index (χ4n) is 2.65. The van der Waals surface area contributed by atoms with Crippen LogP contribution in [0.15, 0.2) is 42.5 Å². The van der Waals surface area contributed by atoms with Gasteiger partial charge in [-0.1, -0.05) is 29.8 Å². The second-order valence-electron chi connectivity index (χ2n) is 5.50. The number of amides is 2. The molecule has 25 heavy (non-hydrogen) atoms. The highest BCUT2D eigenvalue weighted by molar-refractivity contribution is 6.42. The first kappa shape index (κ1) is 17.2. The van der Waals surface area contributed by atoms with Crippen LogP contribution in [-0.2, 0) is 15.8 Å². The van der Waals surface area contributed by atoms with Gasteiger partial charge in [0.2, 0.25) is 5.91 Å². The highest BCUT2D eigenvalue weighted by Gasteiger charge is 2.35. The summed E-state index contributed by atoms with van der Waals surface area (Å²) >= 11 is 5.93. The third kappa shape index (κ3) is 3.17. The summed E-state index contributed by atoms with van der Waals surface area (Å²) in [6, 6.07) is 9.12. The lowest BCUT2D eigenvalue weighted by Gasteiger charge is -2.12. The van der Waals surface area contributed by atoms with Gasteiger partial charge in [0.1, 0.15) is 0 Å². The van der Waals surface area contributed by atoms with Crippen LogP contribution in [0.2, 0.25) is 5.02 Å². The van der Waals surface area contributed by atoms with E-state index < -0.39 is 23.6 Å². The first-order chi connectivity index (χ1) is 11.7. The number of nitrogens with zero attached hydrogens (tertiary/aromatic N) is 1. The Bertz CT molecular complexity index is 902. The molecule has 7 heteroatoms. The second-order valence-corrected chi connectivity index (χ2v) is 5.94. The summed E-state index contributed by atoms with van der Waals surface area (Å²) in [5.74, 6) is -1.01. The molecule has 0 radical (unpaired) electrons. The van der Waals surface area contributed by atoms with Crippen molar-refractivity contribution in [1.82, 2.24) is 0 Å². The predicted octanol–water partition coefficient (Wildman–Crippen LogP) is 4.79. The lowest BCUT2D eigenvalue weighted by atomic mass is 10.0. The Kier molecular flexibility index (Phi) is 4.16. The lowest BCUT2D eigenvalue weighted by molar-refractivity contribution is -0.137. The van der Waals surface area contributed by atoms with Gasteiger partial charge in [-0.2, -0.15) is 13.2 Å². The third-order valence-corrected chi connectivity index (χ3v) is 4.02. The number of anilines is 1. The SMILES string of the molecule is CC(=O)N1C(=O)C(=Cc2ccc(C(F)(F)F)cc2)c2ccc(Cl)cc21. The van der Waals surface area contributed by atoms with Crippen LogP contribution in [0.5, 0.6) is 0 Å². The van der Waals surface area contributed by atoms with Crippen molar-refractivity contribution < 1.29 is 22.8 Å². The van der Waals surface area contributed by atoms with Gasteiger partial charge >= 0.3 is 6.18 Å². The first-order valence-electron chi connectivity index (χ1n) is 7.22. The van der Waals surface area contributed by atoms with E-state index in [4.69, 9.17) is 11.6 Å². The van der Waals surface area contributed by atoms with Gasteiger partial charge in [-0.15, -0.1) is 0 Å². The molecule has 2 aromatic carbocycles. The minimum atomic E-state index is -4.43. The van der Waals surface area contributed by atoms with Crippen molar-refractivity contribution >= 4 is 40.8 Å². The van der Waals surface area contributed by atoms with E-state index in [9.17, 15) is 22.8 Å². The second kappa shape index (κ2) is 6.04. The van der Waals surface area contributed by atoms with Crippen molar-refractivity contribution in [2.75, 3.05) is 4.90 Å². The zero-order chi connectivity index (χ0) is 18.4. The van der Waals surface area contributed by atoms with Crippen LogP contribution in [0.25, 0.3) is 11.6 Å². The van der Waals surface area contributed by atoms with Crippen LogP contribution in [0.4, 0.5) is 18.9 Å². The molecule has 0 aromatic heterocycles. The average molecular weight is 366 g/mol. The van der Waals surface area contributed by atoms with E-state index in [1.807, 2.05) is 0 Å². The molecule has 1 aliphatic rings. The number of halogens is 4. The molecule has 0 N–H and O–H groups in total. The van der Waals surface area contributed by atoms with Crippen LogP contribution in [0.3, 0.4) is 0 Å². The van der Waals surface area contributed by atoms with Crippen LogP contribution >= 0.6 is 11.6 Å². The number of alkyl halides is 3. The zero-order valence-corrected chi connectivity index (χ0v) is 13.7. The molecular formula is C18H11ClF3NO2. The molecule has 1 aliphatic heterocycles. The van der Waals surface area contributed by atoms with Crippen molar-refractivity contribution in [3.8, 4) is 0 Å². The van der Waals surface area contributed by atoms with Gasteiger partial charge < -0.3 is 0 Å². The van der Waals surface area contributed by atoms with Gasteiger partial charge in [0.25, 0.3) is 5.91 Å². The van der Waals surface area contributed by atoms with Gasteiger partial charge in [0.05, 0.1) is 16.8 Å². The Morgan fingerprint density at radius 1 is 1.12 bits per heavy atom. The van der Waals surface area contributed by atoms with E-state index in [0.717, 1.165) is 17.0 Å². The van der Waals surface area contributed by atoms with Crippen LogP contribution < -0.4 is 4.90 Å². The van der Waals surface area contributed by atoms with Crippen molar-refractivity contribution in [3.63, 3.8) is 0 Å². The van der Waals surface area contributed by atoms with Crippen molar-refractivity contribution in [2.45, 2.75) is 13.1 Å². The molecule has 0 saturated heterocycles. The average Bonchev–Trinajstić information content (AvgIpc) is 2.78. The quantitative estimate of drug-likeness (QED) is 0.681. The van der Waals surface area contributed by atoms with Gasteiger partial charge in [-0.3, -0.25) is 9.59 Å². The molecule has 2 amide bonds. The number of carbonyl (C=O) groups excluding carboxylic acids is 2. The van der Waals surface area contributed by atoms with Gasteiger partial charge in [-0.25, -0.2) is 4.90 Å². The maximum Gasteiger partial charge on any atom is 0.416 e. The number of hydrogen-bond acceptors (Lipinski definition) is 2. The fourth-order valence-corrected chi connectivity index (χ4v) is 2.82. The Balaban J connectivity index is 2.07. The van der Waals surface area contributed by atoms with E-state index in [0.29, 0.717) is 21.8 Å². The summed E-state index contributed by atoms with van der Waals surface area (Å²) in [5, 5.41) is 0.369. The molecule has 0 spiro atoms. The maximum atomic E-state index is 12.6. The number of carbonyl (C=O) groups is 2. The van der Waals surface area contributed by atoms with E-state index >= 15 is 0 Å². The number of rotatable bonds is 1. The summed E-state index contributed by atoms with van der Waals surface area (Å²) in [4.78, 5) is 25.3. The Labute approximate surface area is 146 Å². The molecule has 1 heterocycles. The monoisotopic (exact) mass is 365 g/mol. The van der Waals surface area contributed by atoms with E-state index in [-0.39, 0.29) is 5.57 Å². The Morgan fingerprint density at radius 2 is 1.76 bits per heavy atom. The van der Waals surface area contributed by atoms with Crippen LogP contribution in [0.1, 0.15) is 23.6 Å². The van der Waals surface area contributed by atoms with Crippen molar-refractivity contribution in [3.05, 3.63) is 64.2 Å². The number of fused-ring (bicyclic) bond motifs is 1. The largest absolute Gasteiger partial charge is 0.416 e. The molecule has 3 rings (SSSR count). The highest BCUT2D eigenvalue weighted by atomic mass is 35.5. The lowest BCUT2D eigenvalue weighted by Crippen LogP contribution is -2.31. The highest BCUT2D eigenvalue weighted by Crippen LogP contribution is 2.39. The molecule has 0 aliphatic carbocycles. The Morgan fingerprint density at radius 3 is 2.32 bits per heavy atom. The molecule has 0 fully saturated rings. The topological polar surface area (TPSA) is 37.4 Å². The minimum absolute atomic E-state index is 0.224. The van der Waals surface area contributed by atoms with Crippen LogP contribution in [-0.4, -0.2) is 11.8 Å². The van der Waals surface area contributed by atoms with E-state index in [2.05, 4.69) is 0 Å². The minimum Gasteiger partial charge on any atom is -0.274 e. The first-order valence-corrected chi connectivity index (χ1v) is 7.60. The zero-order valence-electron chi connectivity index (χ0n) is 12.9. The van der Waals surface area contributed by atoms with Gasteiger partial charge in [0, 0.05) is 17.5 Å². The summed E-state index contributed by atoms with van der Waals surface area (Å²) < 4.78 is 37.9. The van der Waals surface area contributed by atoms with E-state index in [1.165, 1.54) is 31.2 Å². The van der Waals surface area contributed by atoms with Crippen molar-refractivity contribution in [2.24, 2.45) is 0 Å². The molecule has 2 aromatic rings. The molecular weight excluding hydrogens is 355 g/mol. The fraction of sp³-hybridized carbons (Fsp3) is 0.111. The third-order valence-electron chi connectivity index (χ3n) is 3.79. The smallest absolute Gasteiger partial charge is 0.274 e. The Hall–Kier alpha value is -2.60. The molecule has 0 unspecified atom stereocenters. The number of hydrogen-bond donors (Lipinski definition) is 0. The van der Waals surface area contributed by atoms with E-state index in [1.54, 1.807) is 12.1 Å².